The standard InChI is InChI=1S/C3H6BO/c1-4-2-3-5/h3H,2H2,1H3. The zero-order valence-corrected chi connectivity index (χ0v) is 3.27. The predicted molar refractivity (Wildman–Crippen MR) is 22.5 cm³/mol. The second-order valence-corrected chi connectivity index (χ2v) is 0.811. The van der Waals surface area contributed by atoms with E-state index in [9.17, 15) is 4.79 Å². The topological polar surface area (TPSA) is 17.1 Å². The summed E-state index contributed by atoms with van der Waals surface area (Å²) >= 11 is 0. The summed E-state index contributed by atoms with van der Waals surface area (Å²) in [4.78, 5) is 9.37. The third kappa shape index (κ3) is 3.73. The van der Waals surface area contributed by atoms with Gasteiger partial charge >= 0.3 is 0 Å². The summed E-state index contributed by atoms with van der Waals surface area (Å²) in [6.45, 7) is 1.86. The molecule has 0 aliphatic heterocycles. The third-order valence-corrected chi connectivity index (χ3v) is 0.332. The Bertz CT molecular complexity index is 28.1. The highest BCUT2D eigenvalue weighted by Gasteiger charge is 1.70. The summed E-state index contributed by atoms with van der Waals surface area (Å²) in [5, 5.41) is 0. The molecule has 0 saturated heterocycles. The lowest BCUT2D eigenvalue weighted by molar-refractivity contribution is -0.106. The van der Waals surface area contributed by atoms with Crippen LogP contribution >= 0.6 is 0 Å². The van der Waals surface area contributed by atoms with E-state index in [1.54, 1.807) is 0 Å². The van der Waals surface area contributed by atoms with Gasteiger partial charge in [0.15, 0.2) is 0 Å². The third-order valence-electron chi connectivity index (χ3n) is 0.332. The average Bonchev–Trinajstić information content (AvgIpc) is 1.41. The average molecular weight is 68.9 g/mol. The van der Waals surface area contributed by atoms with Crippen molar-refractivity contribution < 1.29 is 4.79 Å². The van der Waals surface area contributed by atoms with Crippen LogP contribution in [0.25, 0.3) is 0 Å². The molecule has 0 rings (SSSR count). The van der Waals surface area contributed by atoms with Crippen molar-refractivity contribution in [3.8, 4) is 0 Å². The molecule has 0 aromatic carbocycles. The second-order valence-electron chi connectivity index (χ2n) is 0.811. The molecule has 0 atom stereocenters. The Hall–Kier alpha value is -0.265. The van der Waals surface area contributed by atoms with Gasteiger partial charge in [0.2, 0.25) is 0 Å². The number of hydrogen-bond donors (Lipinski definition) is 0. The Morgan fingerprint density at radius 1 is 2.00 bits per heavy atom. The normalized spacial score (nSPS) is 6.60. The monoisotopic (exact) mass is 69.1 g/mol. The molecule has 1 nitrogen and oxygen atoms in total. The maximum atomic E-state index is 9.37. The van der Waals surface area contributed by atoms with E-state index >= 15 is 0 Å². The van der Waals surface area contributed by atoms with Gasteiger partial charge in [0.25, 0.3) is 0 Å². The largest absolute Gasteiger partial charge is 0.304 e. The van der Waals surface area contributed by atoms with E-state index in [1.165, 1.54) is 0 Å². The highest BCUT2D eigenvalue weighted by molar-refractivity contribution is 6.37. The van der Waals surface area contributed by atoms with Crippen LogP contribution in [0.4, 0.5) is 0 Å². The molecule has 0 aromatic heterocycles. The molecule has 0 N–H and O–H groups in total. The van der Waals surface area contributed by atoms with Gasteiger partial charge in [-0.05, 0) is 6.32 Å². The molecule has 0 aliphatic rings. The molecular weight excluding hydrogens is 62.8 g/mol. The Morgan fingerprint density at radius 2 is 2.60 bits per heavy atom. The molecule has 0 aromatic rings. The molecule has 0 heterocycles. The minimum absolute atomic E-state index is 0.583. The van der Waals surface area contributed by atoms with E-state index in [0.29, 0.717) is 6.32 Å². The SMILES string of the molecule is C[B]CC=O. The van der Waals surface area contributed by atoms with Crippen molar-refractivity contribution in [1.29, 1.82) is 0 Å². The lowest BCUT2D eigenvalue weighted by Gasteiger charge is -1.64. The first-order valence-electron chi connectivity index (χ1n) is 1.63. The van der Waals surface area contributed by atoms with Crippen LogP contribution in [0.5, 0.6) is 0 Å². The van der Waals surface area contributed by atoms with E-state index in [1.807, 2.05) is 14.1 Å². The molecule has 0 saturated carbocycles. The molecular formula is C3H6BO. The Morgan fingerprint density at radius 3 is 2.60 bits per heavy atom. The number of hydrogen-bond acceptors (Lipinski definition) is 1. The number of carbonyl (C=O) groups excluding carboxylic acids is 1. The van der Waals surface area contributed by atoms with Crippen LogP contribution in [-0.4, -0.2) is 13.6 Å². The molecule has 0 fully saturated rings. The van der Waals surface area contributed by atoms with Crippen LogP contribution in [0.1, 0.15) is 0 Å². The van der Waals surface area contributed by atoms with Gasteiger partial charge in [-0.15, -0.1) is 0 Å². The van der Waals surface area contributed by atoms with Crippen molar-refractivity contribution in [3.63, 3.8) is 0 Å². The van der Waals surface area contributed by atoms with Crippen LogP contribution in [0.2, 0.25) is 13.1 Å². The molecule has 5 heavy (non-hydrogen) atoms. The highest BCUT2D eigenvalue weighted by Crippen LogP contribution is 1.62. The van der Waals surface area contributed by atoms with Crippen LogP contribution < -0.4 is 0 Å². The molecule has 2 heteroatoms. The van der Waals surface area contributed by atoms with Crippen molar-refractivity contribution >= 4 is 13.6 Å². The second kappa shape index (κ2) is 3.73. The van der Waals surface area contributed by atoms with Gasteiger partial charge in [-0.2, -0.15) is 0 Å². The number of aldehydes is 1. The summed E-state index contributed by atoms with van der Waals surface area (Å²) in [5.41, 5.74) is 0. The van der Waals surface area contributed by atoms with Crippen LogP contribution in [0.15, 0.2) is 0 Å². The van der Waals surface area contributed by atoms with Crippen LogP contribution in [0.3, 0.4) is 0 Å². The van der Waals surface area contributed by atoms with Gasteiger partial charge in [0.1, 0.15) is 13.6 Å². The molecule has 1 radical (unpaired) electrons. The van der Waals surface area contributed by atoms with Gasteiger partial charge in [-0.3, -0.25) is 0 Å². The molecule has 0 amide bonds. The number of rotatable bonds is 2. The Labute approximate surface area is 32.6 Å². The molecule has 0 unspecified atom stereocenters. The van der Waals surface area contributed by atoms with Crippen molar-refractivity contribution in [1.82, 2.24) is 0 Å². The maximum Gasteiger partial charge on any atom is 0.115 e. The van der Waals surface area contributed by atoms with E-state index in [0.717, 1.165) is 6.29 Å². The smallest absolute Gasteiger partial charge is 0.115 e. The summed E-state index contributed by atoms with van der Waals surface area (Å²) in [6, 6.07) is 0. The molecule has 0 aliphatic carbocycles. The first kappa shape index (κ1) is 4.73. The molecule has 27 valence electrons. The van der Waals surface area contributed by atoms with Crippen molar-refractivity contribution in [2.45, 2.75) is 13.1 Å². The number of carbonyl (C=O) groups is 1. The van der Waals surface area contributed by atoms with Gasteiger partial charge < -0.3 is 4.79 Å². The van der Waals surface area contributed by atoms with Crippen molar-refractivity contribution in [3.05, 3.63) is 0 Å². The van der Waals surface area contributed by atoms with E-state index in [-0.39, 0.29) is 0 Å². The van der Waals surface area contributed by atoms with Crippen molar-refractivity contribution in [2.75, 3.05) is 0 Å². The Kier molecular flexibility index (Phi) is 3.54. The van der Waals surface area contributed by atoms with Crippen molar-refractivity contribution in [2.24, 2.45) is 0 Å². The van der Waals surface area contributed by atoms with E-state index < -0.39 is 0 Å². The molecule has 0 bridgehead atoms. The first-order chi connectivity index (χ1) is 2.41. The maximum absolute atomic E-state index is 9.37. The lowest BCUT2D eigenvalue weighted by atomic mass is 9.79. The van der Waals surface area contributed by atoms with Gasteiger partial charge in [-0.25, -0.2) is 0 Å². The fourth-order valence-electron chi connectivity index (χ4n) is 0.0962. The fourth-order valence-corrected chi connectivity index (χ4v) is 0.0962. The van der Waals surface area contributed by atoms with Gasteiger partial charge in [0, 0.05) is 0 Å². The quantitative estimate of drug-likeness (QED) is 0.338. The summed E-state index contributed by atoms with van der Waals surface area (Å²) in [5.74, 6) is 0. The van der Waals surface area contributed by atoms with Crippen LogP contribution in [0, 0.1) is 0 Å². The first-order valence-corrected chi connectivity index (χ1v) is 1.63. The van der Waals surface area contributed by atoms with Crippen LogP contribution in [-0.2, 0) is 4.79 Å². The molecule has 0 spiro atoms. The lowest BCUT2D eigenvalue weighted by Crippen LogP contribution is -1.77. The fraction of sp³-hybridized carbons (Fsp3) is 0.667. The van der Waals surface area contributed by atoms with Gasteiger partial charge in [0.05, 0.1) is 0 Å². The highest BCUT2D eigenvalue weighted by atomic mass is 16.1. The minimum atomic E-state index is 0.583. The summed E-state index contributed by atoms with van der Waals surface area (Å²) in [7, 11) is 1.81. The zero-order valence-electron chi connectivity index (χ0n) is 3.27. The van der Waals surface area contributed by atoms with Gasteiger partial charge in [-0.1, -0.05) is 6.82 Å². The van der Waals surface area contributed by atoms with E-state index in [4.69, 9.17) is 0 Å². The zero-order chi connectivity index (χ0) is 4.12. The Balaban J connectivity index is 2.40. The van der Waals surface area contributed by atoms with E-state index in [2.05, 4.69) is 0 Å². The minimum Gasteiger partial charge on any atom is -0.304 e. The predicted octanol–water partition coefficient (Wildman–Crippen LogP) is 0.356. The summed E-state index contributed by atoms with van der Waals surface area (Å²) < 4.78 is 0. The summed E-state index contributed by atoms with van der Waals surface area (Å²) in [6.07, 6.45) is 1.46.